The number of anilines is 2. The number of hydrogen-bond donors (Lipinski definition) is 3. The van der Waals surface area contributed by atoms with Crippen molar-refractivity contribution in [3.8, 4) is 11.5 Å². The topological polar surface area (TPSA) is 172 Å². The van der Waals surface area contributed by atoms with Gasteiger partial charge in [0.2, 0.25) is 24.5 Å². The van der Waals surface area contributed by atoms with Gasteiger partial charge in [-0.15, -0.1) is 0 Å². The normalized spacial score (nSPS) is 16.6. The van der Waals surface area contributed by atoms with Crippen molar-refractivity contribution >= 4 is 53.3 Å². The number of hydrogen-bond acceptors (Lipinski definition) is 8. The highest BCUT2D eigenvalue weighted by atomic mass is 16.7. The predicted molar refractivity (Wildman–Crippen MR) is 141 cm³/mol. The van der Waals surface area contributed by atoms with Gasteiger partial charge >= 0.3 is 5.97 Å². The van der Waals surface area contributed by atoms with Crippen LogP contribution >= 0.6 is 0 Å². The summed E-state index contributed by atoms with van der Waals surface area (Å²) >= 11 is 0. The molecule has 2 aromatic rings. The molecule has 2 aliphatic heterocycles. The summed E-state index contributed by atoms with van der Waals surface area (Å²) < 4.78 is 10.6. The molecule has 2 heterocycles. The Morgan fingerprint density at radius 1 is 1.10 bits per heavy atom. The molecule has 0 aliphatic carbocycles. The van der Waals surface area contributed by atoms with E-state index in [4.69, 9.17) is 14.6 Å². The minimum absolute atomic E-state index is 0.103. The molecular formula is C27H26N4O9. The molecular weight excluding hydrogens is 524 g/mol. The fourth-order valence-corrected chi connectivity index (χ4v) is 4.28. The van der Waals surface area contributed by atoms with Gasteiger partial charge < -0.3 is 34.9 Å². The Morgan fingerprint density at radius 2 is 1.82 bits per heavy atom. The number of nitrogens with zero attached hydrogens (tertiary/aromatic N) is 2. The number of aliphatic carboxylic acids is 1. The maximum absolute atomic E-state index is 13.7. The fraction of sp³-hybridized carbons (Fsp3) is 0.259. The van der Waals surface area contributed by atoms with Crippen molar-refractivity contribution in [1.82, 2.24) is 10.6 Å². The molecule has 13 heteroatoms. The lowest BCUT2D eigenvalue weighted by atomic mass is 10.2. The largest absolute Gasteiger partial charge is 0.481 e. The van der Waals surface area contributed by atoms with Gasteiger partial charge in [-0.3, -0.25) is 28.9 Å². The molecule has 0 radical (unpaired) electrons. The van der Waals surface area contributed by atoms with Crippen LogP contribution in [0, 0.1) is 0 Å². The molecule has 0 saturated heterocycles. The van der Waals surface area contributed by atoms with Crippen molar-refractivity contribution in [1.29, 1.82) is 0 Å². The first-order valence-electron chi connectivity index (χ1n) is 12.2. The average Bonchev–Trinajstić information content (AvgIpc) is 3.36. The number of carbonyl (C=O) groups is 6. The van der Waals surface area contributed by atoms with Crippen LogP contribution in [0.1, 0.15) is 18.9 Å². The summed E-state index contributed by atoms with van der Waals surface area (Å²) in [6.45, 7) is 0.613. The zero-order chi connectivity index (χ0) is 28.8. The van der Waals surface area contributed by atoms with Gasteiger partial charge in [-0.05, 0) is 35.9 Å². The van der Waals surface area contributed by atoms with E-state index in [-0.39, 0.29) is 25.3 Å². The molecule has 40 heavy (non-hydrogen) atoms. The summed E-state index contributed by atoms with van der Waals surface area (Å²) in [4.78, 5) is 76.4. The van der Waals surface area contributed by atoms with Crippen molar-refractivity contribution in [3.05, 3.63) is 54.1 Å². The van der Waals surface area contributed by atoms with Gasteiger partial charge in [-0.2, -0.15) is 0 Å². The van der Waals surface area contributed by atoms with E-state index in [1.165, 1.54) is 30.0 Å². The number of carbonyl (C=O) groups excluding carboxylic acids is 5. The molecule has 2 atom stereocenters. The second-order valence-corrected chi connectivity index (χ2v) is 8.96. The summed E-state index contributed by atoms with van der Waals surface area (Å²) in [5.41, 5.74) is 1.21. The van der Waals surface area contributed by atoms with E-state index in [0.717, 1.165) is 4.90 Å². The van der Waals surface area contributed by atoms with Crippen molar-refractivity contribution in [2.45, 2.75) is 25.4 Å². The Hall–Kier alpha value is -5.20. The van der Waals surface area contributed by atoms with Gasteiger partial charge in [-0.1, -0.05) is 18.2 Å². The number of aldehydes is 1. The van der Waals surface area contributed by atoms with E-state index >= 15 is 0 Å². The van der Waals surface area contributed by atoms with E-state index < -0.39 is 54.6 Å². The number of carboxylic acid groups (broad SMARTS) is 1. The molecule has 2 aliphatic rings. The Balaban J connectivity index is 1.56. The van der Waals surface area contributed by atoms with E-state index in [1.807, 2.05) is 0 Å². The van der Waals surface area contributed by atoms with Gasteiger partial charge in [0, 0.05) is 13.0 Å². The molecule has 0 fully saturated rings. The monoisotopic (exact) mass is 550 g/mol. The minimum atomic E-state index is -1.30. The van der Waals surface area contributed by atoms with E-state index in [0.29, 0.717) is 22.7 Å². The van der Waals surface area contributed by atoms with Gasteiger partial charge in [0.25, 0.3) is 5.91 Å². The van der Waals surface area contributed by atoms with Crippen molar-refractivity contribution in [3.63, 3.8) is 0 Å². The van der Waals surface area contributed by atoms with Gasteiger partial charge in [0.1, 0.15) is 18.9 Å². The third-order valence-electron chi connectivity index (χ3n) is 6.12. The maximum atomic E-state index is 13.7. The Morgan fingerprint density at radius 3 is 2.52 bits per heavy atom. The van der Waals surface area contributed by atoms with Crippen molar-refractivity contribution in [2.24, 2.45) is 0 Å². The number of para-hydroxylation sites is 2. The number of benzene rings is 2. The quantitative estimate of drug-likeness (QED) is 0.296. The Labute approximate surface area is 228 Å². The smallest absolute Gasteiger partial charge is 0.305 e. The molecule has 2 unspecified atom stereocenters. The van der Waals surface area contributed by atoms with Gasteiger partial charge in [0.05, 0.1) is 30.4 Å². The van der Waals surface area contributed by atoms with E-state index in [1.54, 1.807) is 36.4 Å². The second-order valence-electron chi connectivity index (χ2n) is 8.96. The molecule has 0 spiro atoms. The molecule has 13 nitrogen and oxygen atoms in total. The highest BCUT2D eigenvalue weighted by Gasteiger charge is 2.36. The standard InChI is InChI=1S/C27H26N4O9/c1-16(33)30-12-19(29-24(34)9-7-17-6-8-22-23(10-17)40-15-39-22)27(38)31(21-5-3-2-4-20(21)30)13-25(35)28-18(14-32)11-26(36)37/h2-10,14,18-19H,11-13,15H2,1H3,(H,28,35)(H,29,34)(H,36,37)/b9-7+. The first-order valence-corrected chi connectivity index (χ1v) is 12.2. The zero-order valence-corrected chi connectivity index (χ0v) is 21.4. The number of rotatable bonds is 9. The minimum Gasteiger partial charge on any atom is -0.481 e. The van der Waals surface area contributed by atoms with Crippen LogP contribution in [0.15, 0.2) is 48.5 Å². The number of nitrogens with one attached hydrogen (secondary N) is 2. The van der Waals surface area contributed by atoms with Crippen molar-refractivity contribution in [2.75, 3.05) is 29.7 Å². The highest BCUT2D eigenvalue weighted by molar-refractivity contribution is 6.10. The fourth-order valence-electron chi connectivity index (χ4n) is 4.28. The lowest BCUT2D eigenvalue weighted by Gasteiger charge is -2.25. The summed E-state index contributed by atoms with van der Waals surface area (Å²) in [6, 6.07) is 8.97. The molecule has 0 aromatic heterocycles. The Kier molecular flexibility index (Phi) is 8.42. The molecule has 0 bridgehead atoms. The average molecular weight is 551 g/mol. The lowest BCUT2D eigenvalue weighted by Crippen LogP contribution is -2.54. The summed E-state index contributed by atoms with van der Waals surface area (Å²) in [5, 5.41) is 13.8. The number of ether oxygens (including phenoxy) is 2. The van der Waals surface area contributed by atoms with E-state index in [9.17, 15) is 28.8 Å². The Bertz CT molecular complexity index is 1390. The molecule has 4 amide bonds. The van der Waals surface area contributed by atoms with Gasteiger partial charge in [-0.25, -0.2) is 0 Å². The van der Waals surface area contributed by atoms with Crippen molar-refractivity contribution < 1.29 is 43.3 Å². The van der Waals surface area contributed by atoms with Crippen LogP contribution in [0.3, 0.4) is 0 Å². The number of amides is 4. The first-order chi connectivity index (χ1) is 19.2. The zero-order valence-electron chi connectivity index (χ0n) is 21.4. The first kappa shape index (κ1) is 27.8. The van der Waals surface area contributed by atoms with Crippen LogP contribution in [-0.4, -0.2) is 73.0 Å². The SMILES string of the molecule is CC(=O)N1CC(NC(=O)/C=C/c2ccc3c(c2)OCO3)C(=O)N(CC(=O)NC(C=O)CC(=O)O)c2ccccc21. The molecule has 3 N–H and O–H groups in total. The third kappa shape index (κ3) is 6.43. The van der Waals surface area contributed by atoms with Crippen LogP contribution in [0.25, 0.3) is 6.08 Å². The van der Waals surface area contributed by atoms with Crippen LogP contribution < -0.4 is 29.9 Å². The molecule has 208 valence electrons. The van der Waals surface area contributed by atoms with Crippen LogP contribution in [0.4, 0.5) is 11.4 Å². The number of carboxylic acids is 1. The summed E-state index contributed by atoms with van der Waals surface area (Å²) in [7, 11) is 0. The summed E-state index contributed by atoms with van der Waals surface area (Å²) in [6.07, 6.45) is 2.39. The number of fused-ring (bicyclic) bond motifs is 2. The predicted octanol–water partition coefficient (Wildman–Crippen LogP) is 0.471. The molecule has 0 saturated carbocycles. The maximum Gasteiger partial charge on any atom is 0.305 e. The second kappa shape index (κ2) is 12.1. The van der Waals surface area contributed by atoms with Gasteiger partial charge in [0.15, 0.2) is 11.5 Å². The van der Waals surface area contributed by atoms with Crippen LogP contribution in [-0.2, 0) is 28.8 Å². The van der Waals surface area contributed by atoms with E-state index in [2.05, 4.69) is 10.6 Å². The summed E-state index contributed by atoms with van der Waals surface area (Å²) in [5.74, 6) is -2.68. The highest BCUT2D eigenvalue weighted by Crippen LogP contribution is 2.34. The molecule has 4 rings (SSSR count). The van der Waals surface area contributed by atoms with Crippen LogP contribution in [0.2, 0.25) is 0 Å². The third-order valence-corrected chi connectivity index (χ3v) is 6.12. The lowest BCUT2D eigenvalue weighted by molar-refractivity contribution is -0.139. The van der Waals surface area contributed by atoms with Crippen LogP contribution in [0.5, 0.6) is 11.5 Å². The molecule has 2 aromatic carbocycles.